The molecule has 0 bridgehead atoms. The molecule has 3 nitrogen and oxygen atoms in total. The van der Waals surface area contributed by atoms with Crippen molar-refractivity contribution in [2.24, 2.45) is 0 Å². The molecule has 0 heterocycles. The van der Waals surface area contributed by atoms with Crippen LogP contribution in [0.15, 0.2) is 24.3 Å². The van der Waals surface area contributed by atoms with E-state index in [0.717, 1.165) is 36.4 Å². The first-order valence-electron chi connectivity index (χ1n) is 7.33. The summed E-state index contributed by atoms with van der Waals surface area (Å²) in [5.74, 6) is 0.0573. The topological polar surface area (TPSA) is 41.1 Å². The molecule has 2 atom stereocenters. The number of nitrogens with one attached hydrogen (secondary N) is 2. The Kier molecular flexibility index (Phi) is 7.63. The van der Waals surface area contributed by atoms with Crippen molar-refractivity contribution in [3.05, 3.63) is 34.9 Å². The van der Waals surface area contributed by atoms with E-state index in [0.29, 0.717) is 0 Å². The Morgan fingerprint density at radius 1 is 1.20 bits per heavy atom. The zero-order valence-electron chi connectivity index (χ0n) is 12.6. The van der Waals surface area contributed by atoms with Crippen molar-refractivity contribution in [1.82, 2.24) is 10.6 Å². The third-order valence-electron chi connectivity index (χ3n) is 3.34. The van der Waals surface area contributed by atoms with E-state index in [1.54, 1.807) is 0 Å². The zero-order chi connectivity index (χ0) is 15.0. The third kappa shape index (κ3) is 5.93. The van der Waals surface area contributed by atoms with Crippen LogP contribution in [-0.4, -0.2) is 18.5 Å². The molecular weight excluding hydrogens is 272 g/mol. The number of carbonyl (C=O) groups excluding carboxylic acids is 1. The van der Waals surface area contributed by atoms with Gasteiger partial charge in [-0.25, -0.2) is 0 Å². The molecule has 0 aliphatic rings. The summed E-state index contributed by atoms with van der Waals surface area (Å²) >= 11 is 5.87. The van der Waals surface area contributed by atoms with Gasteiger partial charge in [-0.2, -0.15) is 0 Å². The summed E-state index contributed by atoms with van der Waals surface area (Å²) < 4.78 is 0. The third-order valence-corrected chi connectivity index (χ3v) is 3.59. The van der Waals surface area contributed by atoms with Gasteiger partial charge in [0, 0.05) is 17.6 Å². The maximum Gasteiger partial charge on any atom is 0.236 e. The van der Waals surface area contributed by atoms with Crippen LogP contribution in [0.4, 0.5) is 0 Å². The summed E-state index contributed by atoms with van der Waals surface area (Å²) in [7, 11) is 0. The molecule has 0 spiro atoms. The van der Waals surface area contributed by atoms with Crippen LogP contribution >= 0.6 is 11.6 Å². The van der Waals surface area contributed by atoms with Crippen molar-refractivity contribution in [2.45, 2.75) is 52.1 Å². The van der Waals surface area contributed by atoms with Crippen LogP contribution in [0.5, 0.6) is 0 Å². The van der Waals surface area contributed by atoms with Crippen LogP contribution in [-0.2, 0) is 4.79 Å². The minimum atomic E-state index is -0.206. The van der Waals surface area contributed by atoms with Crippen LogP contribution in [0.2, 0.25) is 5.02 Å². The fourth-order valence-corrected chi connectivity index (χ4v) is 2.16. The minimum Gasteiger partial charge on any atom is -0.355 e. The van der Waals surface area contributed by atoms with Crippen LogP contribution < -0.4 is 10.6 Å². The van der Waals surface area contributed by atoms with Crippen molar-refractivity contribution in [3.8, 4) is 0 Å². The zero-order valence-corrected chi connectivity index (χ0v) is 13.3. The molecule has 1 rings (SSSR count). The molecule has 2 N–H and O–H groups in total. The second-order valence-electron chi connectivity index (χ2n) is 5.16. The van der Waals surface area contributed by atoms with E-state index in [4.69, 9.17) is 11.6 Å². The Balaban J connectivity index is 2.38. The molecule has 1 aromatic rings. The number of rotatable bonds is 8. The maximum atomic E-state index is 11.9. The minimum absolute atomic E-state index is 0.0573. The Hall–Kier alpha value is -1.06. The molecule has 1 amide bonds. The van der Waals surface area contributed by atoms with Gasteiger partial charge in [0.1, 0.15) is 0 Å². The highest BCUT2D eigenvalue weighted by molar-refractivity contribution is 6.30. The summed E-state index contributed by atoms with van der Waals surface area (Å²) in [6.07, 6.45) is 3.36. The number of halogens is 1. The summed E-state index contributed by atoms with van der Waals surface area (Å²) in [6, 6.07) is 7.60. The Morgan fingerprint density at radius 2 is 1.85 bits per heavy atom. The molecule has 0 aromatic heterocycles. The van der Waals surface area contributed by atoms with Crippen molar-refractivity contribution in [1.29, 1.82) is 0 Å². The SMILES string of the molecule is CCCCCNC(=O)C(C)N[C@H](C)c1ccc(Cl)cc1. The summed E-state index contributed by atoms with van der Waals surface area (Å²) in [5, 5.41) is 6.99. The first kappa shape index (κ1) is 17.0. The van der Waals surface area contributed by atoms with Crippen molar-refractivity contribution in [3.63, 3.8) is 0 Å². The maximum absolute atomic E-state index is 11.9. The summed E-state index contributed by atoms with van der Waals surface area (Å²) in [4.78, 5) is 11.9. The Bertz CT molecular complexity index is 405. The molecule has 1 aromatic carbocycles. The molecule has 0 fully saturated rings. The summed E-state index contributed by atoms with van der Waals surface area (Å²) in [5.41, 5.74) is 1.13. The largest absolute Gasteiger partial charge is 0.355 e. The van der Waals surface area contributed by atoms with E-state index < -0.39 is 0 Å². The van der Waals surface area contributed by atoms with E-state index in [1.165, 1.54) is 0 Å². The van der Waals surface area contributed by atoms with Gasteiger partial charge in [0.2, 0.25) is 5.91 Å². The highest BCUT2D eigenvalue weighted by Gasteiger charge is 2.15. The molecule has 1 unspecified atom stereocenters. The number of amides is 1. The van der Waals surface area contributed by atoms with Crippen LogP contribution in [0.3, 0.4) is 0 Å². The highest BCUT2D eigenvalue weighted by Crippen LogP contribution is 2.16. The molecular formula is C16H25ClN2O. The molecule has 0 aliphatic carbocycles. The van der Waals surface area contributed by atoms with Crippen molar-refractivity contribution in [2.75, 3.05) is 6.54 Å². The van der Waals surface area contributed by atoms with E-state index in [-0.39, 0.29) is 18.0 Å². The lowest BCUT2D eigenvalue weighted by Crippen LogP contribution is -2.43. The molecule has 112 valence electrons. The van der Waals surface area contributed by atoms with Gasteiger partial charge in [0.25, 0.3) is 0 Å². The first-order chi connectivity index (χ1) is 9.54. The fraction of sp³-hybridized carbons (Fsp3) is 0.562. The summed E-state index contributed by atoms with van der Waals surface area (Å²) in [6.45, 7) is 6.85. The van der Waals surface area contributed by atoms with Crippen LogP contribution in [0, 0.1) is 0 Å². The normalized spacial score (nSPS) is 13.8. The van der Waals surface area contributed by atoms with Gasteiger partial charge >= 0.3 is 0 Å². The second kappa shape index (κ2) is 8.98. The quantitative estimate of drug-likeness (QED) is 0.718. The predicted octanol–water partition coefficient (Wildman–Crippen LogP) is 3.69. The molecule has 0 saturated heterocycles. The first-order valence-corrected chi connectivity index (χ1v) is 7.71. The van der Waals surface area contributed by atoms with E-state index >= 15 is 0 Å². The number of carbonyl (C=O) groups is 1. The van der Waals surface area contributed by atoms with Crippen LogP contribution in [0.25, 0.3) is 0 Å². The molecule has 20 heavy (non-hydrogen) atoms. The molecule has 0 radical (unpaired) electrons. The number of hydrogen-bond acceptors (Lipinski definition) is 2. The van der Waals surface area contributed by atoms with E-state index in [2.05, 4.69) is 17.6 Å². The average Bonchev–Trinajstić information content (AvgIpc) is 2.44. The fourth-order valence-electron chi connectivity index (χ4n) is 2.04. The van der Waals surface area contributed by atoms with E-state index in [9.17, 15) is 4.79 Å². The van der Waals surface area contributed by atoms with Gasteiger partial charge in [-0.15, -0.1) is 0 Å². The van der Waals surface area contributed by atoms with E-state index in [1.807, 2.05) is 38.1 Å². The van der Waals surface area contributed by atoms with Gasteiger partial charge in [0.15, 0.2) is 0 Å². The molecule has 4 heteroatoms. The molecule has 0 saturated carbocycles. The van der Waals surface area contributed by atoms with Crippen molar-refractivity contribution < 1.29 is 4.79 Å². The van der Waals surface area contributed by atoms with Gasteiger partial charge in [-0.3, -0.25) is 10.1 Å². The second-order valence-corrected chi connectivity index (χ2v) is 5.60. The Morgan fingerprint density at radius 3 is 2.45 bits per heavy atom. The average molecular weight is 297 g/mol. The lowest BCUT2D eigenvalue weighted by molar-refractivity contribution is -0.122. The van der Waals surface area contributed by atoms with Crippen LogP contribution in [0.1, 0.15) is 51.6 Å². The monoisotopic (exact) mass is 296 g/mol. The van der Waals surface area contributed by atoms with Gasteiger partial charge < -0.3 is 5.32 Å². The lowest BCUT2D eigenvalue weighted by atomic mass is 10.1. The van der Waals surface area contributed by atoms with Gasteiger partial charge in [-0.05, 0) is 38.0 Å². The Labute approximate surface area is 127 Å². The van der Waals surface area contributed by atoms with Gasteiger partial charge in [-0.1, -0.05) is 43.5 Å². The van der Waals surface area contributed by atoms with Crippen molar-refractivity contribution >= 4 is 17.5 Å². The predicted molar refractivity (Wildman–Crippen MR) is 85.0 cm³/mol. The number of hydrogen-bond donors (Lipinski definition) is 2. The highest BCUT2D eigenvalue weighted by atomic mass is 35.5. The lowest BCUT2D eigenvalue weighted by Gasteiger charge is -2.20. The number of unbranched alkanes of at least 4 members (excludes halogenated alkanes) is 2. The standard InChI is InChI=1S/C16H25ClN2O/c1-4-5-6-11-18-16(20)13(3)19-12(2)14-7-9-15(17)10-8-14/h7-10,12-13,19H,4-6,11H2,1-3H3,(H,18,20)/t12-,13?/m1/s1. The van der Waals surface area contributed by atoms with Gasteiger partial charge in [0.05, 0.1) is 6.04 Å². The smallest absolute Gasteiger partial charge is 0.236 e. The molecule has 0 aliphatic heterocycles. The number of benzene rings is 1.